The summed E-state index contributed by atoms with van der Waals surface area (Å²) in [5.41, 5.74) is 1.96. The summed E-state index contributed by atoms with van der Waals surface area (Å²) in [7, 11) is -6.68. The lowest BCUT2D eigenvalue weighted by atomic mass is 9.97. The number of benzene rings is 1. The molecule has 1 aromatic rings. The summed E-state index contributed by atoms with van der Waals surface area (Å²) < 4.78 is 49.1. The summed E-state index contributed by atoms with van der Waals surface area (Å²) in [6.45, 7) is 4.44. The largest absolute Gasteiger partial charge is 0.355 e. The molecule has 0 radical (unpaired) electrons. The van der Waals surface area contributed by atoms with E-state index >= 15 is 0 Å². The monoisotopic (exact) mass is 402 g/mol. The SMILES string of the molecule is Cc1ccc(S(=O)(=O)N2CCC(C(=O)NCCS(C)(=O)=O)CC2)cc1C. The minimum absolute atomic E-state index is 0.0822. The van der Waals surface area contributed by atoms with Crippen molar-refractivity contribution in [2.45, 2.75) is 31.6 Å². The van der Waals surface area contributed by atoms with Crippen molar-refractivity contribution in [3.8, 4) is 0 Å². The molecule has 1 amide bonds. The van der Waals surface area contributed by atoms with Gasteiger partial charge in [-0.2, -0.15) is 4.31 Å². The fourth-order valence-electron chi connectivity index (χ4n) is 2.89. The molecule has 0 aliphatic carbocycles. The van der Waals surface area contributed by atoms with Crippen molar-refractivity contribution in [3.63, 3.8) is 0 Å². The van der Waals surface area contributed by atoms with Gasteiger partial charge in [-0.05, 0) is 49.9 Å². The number of carbonyl (C=O) groups excluding carboxylic acids is 1. The zero-order valence-corrected chi connectivity index (χ0v) is 17.0. The van der Waals surface area contributed by atoms with Crippen molar-refractivity contribution in [1.29, 1.82) is 0 Å². The van der Waals surface area contributed by atoms with Crippen LogP contribution in [0.25, 0.3) is 0 Å². The van der Waals surface area contributed by atoms with E-state index in [-0.39, 0.29) is 42.1 Å². The summed E-state index contributed by atoms with van der Waals surface area (Å²) >= 11 is 0. The zero-order valence-electron chi connectivity index (χ0n) is 15.4. The molecule has 1 aliphatic heterocycles. The van der Waals surface area contributed by atoms with Crippen molar-refractivity contribution >= 4 is 25.8 Å². The Bertz CT molecular complexity index is 870. The van der Waals surface area contributed by atoms with E-state index in [4.69, 9.17) is 0 Å². The molecule has 1 N–H and O–H groups in total. The molecule has 1 heterocycles. The number of piperidine rings is 1. The van der Waals surface area contributed by atoms with Crippen molar-refractivity contribution in [3.05, 3.63) is 29.3 Å². The summed E-state index contributed by atoms with van der Waals surface area (Å²) in [6.07, 6.45) is 1.97. The van der Waals surface area contributed by atoms with Crippen LogP contribution in [-0.4, -0.2) is 58.7 Å². The van der Waals surface area contributed by atoms with Gasteiger partial charge in [-0.1, -0.05) is 6.07 Å². The lowest BCUT2D eigenvalue weighted by molar-refractivity contribution is -0.125. The first-order valence-electron chi connectivity index (χ1n) is 8.53. The van der Waals surface area contributed by atoms with Crippen molar-refractivity contribution in [2.24, 2.45) is 5.92 Å². The summed E-state index contributed by atoms with van der Waals surface area (Å²) in [4.78, 5) is 12.4. The van der Waals surface area contributed by atoms with Crippen LogP contribution in [0, 0.1) is 19.8 Å². The number of rotatable bonds is 6. The molecular weight excluding hydrogens is 376 g/mol. The highest BCUT2D eigenvalue weighted by Crippen LogP contribution is 2.25. The van der Waals surface area contributed by atoms with Gasteiger partial charge >= 0.3 is 0 Å². The third kappa shape index (κ3) is 5.28. The Kier molecular flexibility index (Phi) is 6.46. The zero-order chi connectivity index (χ0) is 19.5. The predicted octanol–water partition coefficient (Wildman–Crippen LogP) is 0.865. The average Bonchev–Trinajstić information content (AvgIpc) is 2.56. The summed E-state index contributed by atoms with van der Waals surface area (Å²) in [5.74, 6) is -0.601. The Morgan fingerprint density at radius 3 is 2.27 bits per heavy atom. The molecule has 1 saturated heterocycles. The van der Waals surface area contributed by atoms with Crippen LogP contribution in [0.4, 0.5) is 0 Å². The molecule has 2 rings (SSSR count). The van der Waals surface area contributed by atoms with Gasteiger partial charge < -0.3 is 5.32 Å². The van der Waals surface area contributed by atoms with Crippen LogP contribution >= 0.6 is 0 Å². The second-order valence-corrected chi connectivity index (χ2v) is 11.0. The van der Waals surface area contributed by atoms with E-state index < -0.39 is 19.9 Å². The molecule has 0 spiro atoms. The molecule has 9 heteroatoms. The van der Waals surface area contributed by atoms with E-state index in [1.54, 1.807) is 18.2 Å². The van der Waals surface area contributed by atoms with E-state index in [1.807, 2.05) is 13.8 Å². The van der Waals surface area contributed by atoms with Crippen LogP contribution in [0.5, 0.6) is 0 Å². The maximum absolute atomic E-state index is 12.8. The Labute approximate surface area is 155 Å². The van der Waals surface area contributed by atoms with Gasteiger partial charge in [0.1, 0.15) is 9.84 Å². The first-order valence-corrected chi connectivity index (χ1v) is 12.0. The number of sulfone groups is 1. The third-order valence-corrected chi connectivity index (χ3v) is 7.55. The molecule has 1 fully saturated rings. The van der Waals surface area contributed by atoms with Crippen molar-refractivity contribution in [1.82, 2.24) is 9.62 Å². The van der Waals surface area contributed by atoms with Gasteiger partial charge in [0.15, 0.2) is 0 Å². The second kappa shape index (κ2) is 8.06. The number of nitrogens with zero attached hydrogens (tertiary/aromatic N) is 1. The number of nitrogens with one attached hydrogen (secondary N) is 1. The summed E-state index contributed by atoms with van der Waals surface area (Å²) in [6, 6.07) is 5.08. The van der Waals surface area contributed by atoms with Gasteiger partial charge in [-0.3, -0.25) is 4.79 Å². The van der Waals surface area contributed by atoms with Gasteiger partial charge in [-0.15, -0.1) is 0 Å². The lowest BCUT2D eigenvalue weighted by Gasteiger charge is -2.30. The van der Waals surface area contributed by atoms with E-state index in [9.17, 15) is 21.6 Å². The van der Waals surface area contributed by atoms with Gasteiger partial charge in [0.05, 0.1) is 10.6 Å². The molecular formula is C17H26N2O5S2. The Hall–Kier alpha value is -1.45. The maximum Gasteiger partial charge on any atom is 0.243 e. The number of carbonyl (C=O) groups is 1. The fraction of sp³-hybridized carbons (Fsp3) is 0.588. The number of sulfonamides is 1. The van der Waals surface area contributed by atoms with E-state index in [0.29, 0.717) is 12.8 Å². The van der Waals surface area contributed by atoms with Crippen LogP contribution in [0.3, 0.4) is 0 Å². The van der Waals surface area contributed by atoms with Gasteiger partial charge in [0.25, 0.3) is 0 Å². The van der Waals surface area contributed by atoms with Crippen LogP contribution in [0.1, 0.15) is 24.0 Å². The normalized spacial score (nSPS) is 17.2. The average molecular weight is 403 g/mol. The molecule has 7 nitrogen and oxygen atoms in total. The first-order chi connectivity index (χ1) is 12.0. The highest BCUT2D eigenvalue weighted by atomic mass is 32.2. The quantitative estimate of drug-likeness (QED) is 0.761. The van der Waals surface area contributed by atoms with Crippen LogP contribution < -0.4 is 5.32 Å². The molecule has 26 heavy (non-hydrogen) atoms. The maximum atomic E-state index is 12.8. The number of hydrogen-bond donors (Lipinski definition) is 1. The van der Waals surface area contributed by atoms with Gasteiger partial charge in [0.2, 0.25) is 15.9 Å². The van der Waals surface area contributed by atoms with E-state index in [0.717, 1.165) is 17.4 Å². The topological polar surface area (TPSA) is 101 Å². The Morgan fingerprint density at radius 1 is 1.12 bits per heavy atom. The number of hydrogen-bond acceptors (Lipinski definition) is 5. The second-order valence-electron chi connectivity index (χ2n) is 6.85. The predicted molar refractivity (Wildman–Crippen MR) is 100 cm³/mol. The molecule has 1 aromatic carbocycles. The van der Waals surface area contributed by atoms with Crippen LogP contribution in [-0.2, 0) is 24.7 Å². The summed E-state index contributed by atoms with van der Waals surface area (Å²) in [5, 5.41) is 2.62. The molecule has 0 saturated carbocycles. The number of amides is 1. The molecule has 1 aliphatic rings. The Morgan fingerprint density at radius 2 is 1.73 bits per heavy atom. The minimum atomic E-state index is -3.56. The molecule has 0 aromatic heterocycles. The lowest BCUT2D eigenvalue weighted by Crippen LogP contribution is -2.43. The molecule has 0 bridgehead atoms. The van der Waals surface area contributed by atoms with Crippen molar-refractivity contribution in [2.75, 3.05) is 31.6 Å². The third-order valence-electron chi connectivity index (χ3n) is 4.71. The smallest absolute Gasteiger partial charge is 0.243 e. The highest BCUT2D eigenvalue weighted by Gasteiger charge is 2.32. The van der Waals surface area contributed by atoms with E-state index in [2.05, 4.69) is 5.32 Å². The fourth-order valence-corrected chi connectivity index (χ4v) is 4.91. The molecule has 0 atom stereocenters. The van der Waals surface area contributed by atoms with Gasteiger partial charge in [-0.25, -0.2) is 16.8 Å². The minimum Gasteiger partial charge on any atom is -0.355 e. The molecule has 0 unspecified atom stereocenters. The Balaban J connectivity index is 1.94. The molecule has 146 valence electrons. The van der Waals surface area contributed by atoms with Crippen LogP contribution in [0.2, 0.25) is 0 Å². The highest BCUT2D eigenvalue weighted by molar-refractivity contribution is 7.90. The van der Waals surface area contributed by atoms with E-state index in [1.165, 1.54) is 4.31 Å². The van der Waals surface area contributed by atoms with Crippen LogP contribution in [0.15, 0.2) is 23.1 Å². The first kappa shape index (κ1) is 20.9. The van der Waals surface area contributed by atoms with Gasteiger partial charge in [0, 0.05) is 31.8 Å². The standard InChI is InChI=1S/C17H26N2O5S2/c1-13-4-5-16(12-14(13)2)26(23,24)19-9-6-15(7-10-19)17(20)18-8-11-25(3,21)22/h4-5,12,15H,6-11H2,1-3H3,(H,18,20). The number of aryl methyl sites for hydroxylation is 2. The van der Waals surface area contributed by atoms with Crippen molar-refractivity contribution < 1.29 is 21.6 Å².